The van der Waals surface area contributed by atoms with Gasteiger partial charge in [0, 0.05) is 5.56 Å². The molecule has 0 aliphatic heterocycles. The summed E-state index contributed by atoms with van der Waals surface area (Å²) >= 11 is 0. The lowest BCUT2D eigenvalue weighted by Gasteiger charge is -2.00. The number of benzene rings is 1. The van der Waals surface area contributed by atoms with Crippen molar-refractivity contribution in [2.75, 3.05) is 0 Å². The maximum Gasteiger partial charge on any atom is 0.225 e. The molecule has 19 heavy (non-hydrogen) atoms. The van der Waals surface area contributed by atoms with E-state index in [9.17, 15) is 4.79 Å². The third-order valence-corrected chi connectivity index (χ3v) is 2.66. The van der Waals surface area contributed by atoms with E-state index in [0.29, 0.717) is 11.5 Å². The molecule has 0 fully saturated rings. The van der Waals surface area contributed by atoms with Crippen LogP contribution >= 0.6 is 0 Å². The fourth-order valence-electron chi connectivity index (χ4n) is 1.76. The molecule has 94 valence electrons. The van der Waals surface area contributed by atoms with Crippen molar-refractivity contribution in [3.8, 4) is 11.3 Å². The van der Waals surface area contributed by atoms with E-state index in [2.05, 4.69) is 25.1 Å². The molecule has 3 N–H and O–H groups in total. The minimum Gasteiger partial charge on any atom is -0.369 e. The lowest BCUT2D eigenvalue weighted by Crippen LogP contribution is -2.16. The van der Waals surface area contributed by atoms with Crippen LogP contribution in [0.2, 0.25) is 0 Å². The molecule has 0 aliphatic carbocycles. The van der Waals surface area contributed by atoms with Gasteiger partial charge >= 0.3 is 0 Å². The summed E-state index contributed by atoms with van der Waals surface area (Å²) in [6.45, 7) is 0. The zero-order valence-corrected chi connectivity index (χ0v) is 9.87. The van der Waals surface area contributed by atoms with E-state index in [-0.39, 0.29) is 6.42 Å². The largest absolute Gasteiger partial charge is 0.369 e. The number of hydrogen-bond donors (Lipinski definition) is 2. The number of fused-ring (bicyclic) bond motifs is 1. The molecule has 3 rings (SSSR count). The standard InChI is InChI=1S/C12H10N6O/c13-11(19)4-12-14-5-10(17-18-12)7-1-2-8-9(3-7)16-6-15-8/h1-3,5-6H,4H2,(H2,13,19)(H,15,16). The van der Waals surface area contributed by atoms with Crippen LogP contribution in [-0.4, -0.2) is 31.1 Å². The van der Waals surface area contributed by atoms with E-state index >= 15 is 0 Å². The molecule has 0 radical (unpaired) electrons. The van der Waals surface area contributed by atoms with E-state index in [1.165, 1.54) is 0 Å². The van der Waals surface area contributed by atoms with Gasteiger partial charge in [-0.3, -0.25) is 4.79 Å². The molecular formula is C12H10N6O. The molecule has 1 aromatic carbocycles. The Kier molecular flexibility index (Phi) is 2.64. The smallest absolute Gasteiger partial charge is 0.225 e. The van der Waals surface area contributed by atoms with Gasteiger partial charge in [-0.25, -0.2) is 9.97 Å². The summed E-state index contributed by atoms with van der Waals surface area (Å²) < 4.78 is 0. The van der Waals surface area contributed by atoms with Crippen LogP contribution in [0.25, 0.3) is 22.3 Å². The average Bonchev–Trinajstić information content (AvgIpc) is 2.86. The number of aromatic amines is 1. The lowest BCUT2D eigenvalue weighted by atomic mass is 10.1. The summed E-state index contributed by atoms with van der Waals surface area (Å²) in [7, 11) is 0. The highest BCUT2D eigenvalue weighted by atomic mass is 16.1. The van der Waals surface area contributed by atoms with Crippen LogP contribution in [0.4, 0.5) is 0 Å². The van der Waals surface area contributed by atoms with E-state index in [1.54, 1.807) is 12.5 Å². The van der Waals surface area contributed by atoms with Crippen molar-refractivity contribution >= 4 is 16.9 Å². The van der Waals surface area contributed by atoms with Gasteiger partial charge in [-0.1, -0.05) is 6.07 Å². The number of rotatable bonds is 3. The van der Waals surface area contributed by atoms with Crippen LogP contribution in [0.15, 0.2) is 30.7 Å². The van der Waals surface area contributed by atoms with E-state index < -0.39 is 5.91 Å². The number of nitrogens with two attached hydrogens (primary N) is 1. The Morgan fingerprint density at radius 3 is 2.89 bits per heavy atom. The van der Waals surface area contributed by atoms with Crippen molar-refractivity contribution in [2.24, 2.45) is 5.73 Å². The zero-order valence-electron chi connectivity index (χ0n) is 9.87. The highest BCUT2D eigenvalue weighted by molar-refractivity contribution is 5.80. The van der Waals surface area contributed by atoms with E-state index in [1.807, 2.05) is 18.2 Å². The molecular weight excluding hydrogens is 244 g/mol. The third-order valence-electron chi connectivity index (χ3n) is 2.66. The van der Waals surface area contributed by atoms with Crippen molar-refractivity contribution in [1.29, 1.82) is 0 Å². The van der Waals surface area contributed by atoms with Gasteiger partial charge in [0.25, 0.3) is 0 Å². The molecule has 7 nitrogen and oxygen atoms in total. The number of nitrogens with one attached hydrogen (secondary N) is 1. The van der Waals surface area contributed by atoms with Gasteiger partial charge in [-0.15, -0.1) is 10.2 Å². The number of aromatic nitrogens is 5. The first kappa shape index (κ1) is 11.3. The average molecular weight is 254 g/mol. The van der Waals surface area contributed by atoms with Crippen LogP contribution in [0.3, 0.4) is 0 Å². The van der Waals surface area contributed by atoms with Crippen LogP contribution in [0.5, 0.6) is 0 Å². The number of nitrogens with zero attached hydrogens (tertiary/aromatic N) is 4. The maximum absolute atomic E-state index is 10.7. The number of H-pyrrole nitrogens is 1. The van der Waals surface area contributed by atoms with E-state index in [4.69, 9.17) is 5.73 Å². The van der Waals surface area contributed by atoms with Crippen molar-refractivity contribution < 1.29 is 4.79 Å². The van der Waals surface area contributed by atoms with Gasteiger partial charge in [-0.2, -0.15) is 0 Å². The normalized spacial score (nSPS) is 10.7. The molecule has 0 saturated heterocycles. The van der Waals surface area contributed by atoms with E-state index in [0.717, 1.165) is 16.6 Å². The summed E-state index contributed by atoms with van der Waals surface area (Å²) in [4.78, 5) is 22.0. The van der Waals surface area contributed by atoms with Crippen LogP contribution in [0, 0.1) is 0 Å². The number of imidazole rings is 1. The van der Waals surface area contributed by atoms with Crippen molar-refractivity contribution in [3.63, 3.8) is 0 Å². The van der Waals surface area contributed by atoms with Crippen molar-refractivity contribution in [2.45, 2.75) is 6.42 Å². The van der Waals surface area contributed by atoms with Gasteiger partial charge in [0.2, 0.25) is 5.91 Å². The Hall–Kier alpha value is -2.83. The molecule has 0 atom stereocenters. The first-order valence-corrected chi connectivity index (χ1v) is 5.63. The van der Waals surface area contributed by atoms with Crippen LogP contribution in [0.1, 0.15) is 5.82 Å². The number of amides is 1. The third kappa shape index (κ3) is 2.25. The Balaban J connectivity index is 1.94. The Morgan fingerprint density at radius 1 is 1.26 bits per heavy atom. The predicted octanol–water partition coefficient (Wildman–Crippen LogP) is 0.443. The molecule has 0 unspecified atom stereocenters. The highest BCUT2D eigenvalue weighted by Gasteiger charge is 2.06. The second-order valence-electron chi connectivity index (χ2n) is 4.04. The zero-order chi connectivity index (χ0) is 13.2. The summed E-state index contributed by atoms with van der Waals surface area (Å²) in [5.41, 5.74) is 8.37. The minimum atomic E-state index is -0.478. The SMILES string of the molecule is NC(=O)Cc1ncc(-c2ccc3nc[nH]c3c2)nn1. The number of primary amides is 1. The highest BCUT2D eigenvalue weighted by Crippen LogP contribution is 2.19. The van der Waals surface area contributed by atoms with Crippen LogP contribution in [-0.2, 0) is 11.2 Å². The molecule has 0 saturated carbocycles. The number of carbonyl (C=O) groups is 1. The second-order valence-corrected chi connectivity index (χ2v) is 4.04. The summed E-state index contributed by atoms with van der Waals surface area (Å²) in [6, 6.07) is 5.70. The molecule has 2 heterocycles. The molecule has 2 aromatic heterocycles. The van der Waals surface area contributed by atoms with Gasteiger partial charge in [0.05, 0.1) is 30.0 Å². The van der Waals surface area contributed by atoms with Gasteiger partial charge in [0.1, 0.15) is 5.69 Å². The summed E-state index contributed by atoms with van der Waals surface area (Å²) in [5.74, 6) is -0.160. The van der Waals surface area contributed by atoms with Crippen molar-refractivity contribution in [1.82, 2.24) is 25.1 Å². The Labute approximate surface area is 107 Å². The summed E-state index contributed by atoms with van der Waals surface area (Å²) in [5, 5.41) is 7.91. The Bertz CT molecular complexity index is 733. The number of carbonyl (C=O) groups excluding carboxylic acids is 1. The quantitative estimate of drug-likeness (QED) is 0.704. The molecule has 0 aliphatic rings. The second kappa shape index (κ2) is 4.45. The molecule has 3 aromatic rings. The first-order valence-electron chi connectivity index (χ1n) is 5.63. The van der Waals surface area contributed by atoms with Crippen LogP contribution < -0.4 is 5.73 Å². The summed E-state index contributed by atoms with van der Waals surface area (Å²) in [6.07, 6.45) is 3.20. The predicted molar refractivity (Wildman–Crippen MR) is 67.8 cm³/mol. The van der Waals surface area contributed by atoms with Gasteiger partial charge in [-0.05, 0) is 12.1 Å². The van der Waals surface area contributed by atoms with Crippen molar-refractivity contribution in [3.05, 3.63) is 36.5 Å². The molecule has 0 spiro atoms. The molecule has 0 bridgehead atoms. The monoisotopic (exact) mass is 254 g/mol. The first-order chi connectivity index (χ1) is 9.22. The fraction of sp³-hybridized carbons (Fsp3) is 0.0833. The fourth-order valence-corrected chi connectivity index (χ4v) is 1.76. The maximum atomic E-state index is 10.7. The minimum absolute atomic E-state index is 0.00708. The number of hydrogen-bond acceptors (Lipinski definition) is 5. The topological polar surface area (TPSA) is 110 Å². The molecule has 7 heteroatoms. The lowest BCUT2D eigenvalue weighted by molar-refractivity contribution is -0.117. The van der Waals surface area contributed by atoms with Gasteiger partial charge < -0.3 is 10.7 Å². The van der Waals surface area contributed by atoms with Gasteiger partial charge in [0.15, 0.2) is 5.82 Å². The Morgan fingerprint density at radius 2 is 2.16 bits per heavy atom. The molecule has 1 amide bonds.